The van der Waals surface area contributed by atoms with Crippen molar-refractivity contribution in [3.8, 4) is 11.1 Å². The molecule has 0 aliphatic carbocycles. The van der Waals surface area contributed by atoms with Crippen LogP contribution in [0.5, 0.6) is 0 Å². The maximum absolute atomic E-state index is 13.9. The fraction of sp³-hybridized carbons (Fsp3) is 0.208. The van der Waals surface area contributed by atoms with Gasteiger partial charge in [0.2, 0.25) is 0 Å². The van der Waals surface area contributed by atoms with Gasteiger partial charge in [0.25, 0.3) is 10.0 Å². The highest BCUT2D eigenvalue weighted by Gasteiger charge is 2.36. The van der Waals surface area contributed by atoms with E-state index in [-0.39, 0.29) is 15.7 Å². The summed E-state index contributed by atoms with van der Waals surface area (Å²) in [6.45, 7) is 3.76. The molecule has 4 rings (SSSR count). The van der Waals surface area contributed by atoms with E-state index in [4.69, 9.17) is 0 Å². The Balaban J connectivity index is 1.82. The average Bonchev–Trinajstić information content (AvgIpc) is 3.11. The van der Waals surface area contributed by atoms with Crippen LogP contribution < -0.4 is 4.72 Å². The van der Waals surface area contributed by atoms with Crippen molar-refractivity contribution >= 4 is 37.1 Å². The number of nitrogens with one attached hydrogen (secondary N) is 1. The predicted octanol–water partition coefficient (Wildman–Crippen LogP) is 7.12. The fourth-order valence-electron chi connectivity index (χ4n) is 3.70. The van der Waals surface area contributed by atoms with E-state index in [0.29, 0.717) is 27.6 Å². The lowest BCUT2D eigenvalue weighted by atomic mass is 10.0. The Bertz CT molecular complexity index is 1450. The molecule has 0 spiro atoms. The van der Waals surface area contributed by atoms with E-state index in [1.54, 1.807) is 12.1 Å². The van der Waals surface area contributed by atoms with Crippen molar-refractivity contribution in [2.45, 2.75) is 30.7 Å². The minimum atomic E-state index is -4.80. The standard InChI is InChI=1S/C24H20F4N2O2S2/c1-14(2)11-19-18-13-17(25)4-6-22(18)33-23(19)34(31,32)30-21-5-3-16(12-20(21)24(26,27)28)15-7-9-29-10-8-15/h3-10,12-14,30H,11H2,1-2H3. The van der Waals surface area contributed by atoms with E-state index < -0.39 is 33.3 Å². The molecular formula is C24H20F4N2O2S2. The van der Waals surface area contributed by atoms with Gasteiger partial charge in [0.15, 0.2) is 0 Å². The molecule has 0 atom stereocenters. The molecule has 0 saturated carbocycles. The number of halogens is 4. The molecular weight excluding hydrogens is 488 g/mol. The van der Waals surface area contributed by atoms with Crippen LogP contribution in [0.2, 0.25) is 0 Å². The summed E-state index contributed by atoms with van der Waals surface area (Å²) in [5.74, 6) is -0.473. The fourth-order valence-corrected chi connectivity index (χ4v) is 6.56. The highest BCUT2D eigenvalue weighted by Crippen LogP contribution is 2.41. The molecule has 0 aliphatic rings. The Hall–Kier alpha value is -2.98. The highest BCUT2D eigenvalue weighted by atomic mass is 32.2. The molecule has 0 fully saturated rings. The predicted molar refractivity (Wildman–Crippen MR) is 126 cm³/mol. The molecule has 0 aliphatic heterocycles. The molecule has 1 N–H and O–H groups in total. The molecule has 10 heteroatoms. The van der Waals surface area contributed by atoms with Crippen molar-refractivity contribution in [1.82, 2.24) is 4.98 Å². The van der Waals surface area contributed by atoms with Gasteiger partial charge in [-0.05, 0) is 76.9 Å². The number of rotatable bonds is 6. The Kier molecular flexibility index (Phi) is 6.39. The van der Waals surface area contributed by atoms with Crippen molar-refractivity contribution < 1.29 is 26.0 Å². The van der Waals surface area contributed by atoms with Crippen LogP contribution >= 0.6 is 11.3 Å². The monoisotopic (exact) mass is 508 g/mol. The van der Waals surface area contributed by atoms with Crippen LogP contribution in [0.15, 0.2) is 65.1 Å². The minimum Gasteiger partial charge on any atom is -0.278 e. The first-order valence-corrected chi connectivity index (χ1v) is 12.6. The van der Waals surface area contributed by atoms with Crippen LogP contribution in [0.1, 0.15) is 25.0 Å². The van der Waals surface area contributed by atoms with Crippen LogP contribution in [-0.4, -0.2) is 13.4 Å². The summed E-state index contributed by atoms with van der Waals surface area (Å²) in [5.41, 5.74) is -0.507. The van der Waals surface area contributed by atoms with Crippen molar-refractivity contribution in [2.24, 2.45) is 5.92 Å². The second kappa shape index (κ2) is 8.99. The Morgan fingerprint density at radius 3 is 2.35 bits per heavy atom. The van der Waals surface area contributed by atoms with Gasteiger partial charge in [-0.3, -0.25) is 9.71 Å². The number of nitrogens with zero attached hydrogens (tertiary/aromatic N) is 1. The summed E-state index contributed by atoms with van der Waals surface area (Å²) in [7, 11) is -4.39. The molecule has 4 aromatic rings. The van der Waals surface area contributed by atoms with Gasteiger partial charge in [-0.2, -0.15) is 13.2 Å². The third kappa shape index (κ3) is 4.92. The number of pyridine rings is 1. The zero-order valence-corrected chi connectivity index (χ0v) is 19.8. The van der Waals surface area contributed by atoms with Crippen LogP contribution in [0.25, 0.3) is 21.2 Å². The summed E-state index contributed by atoms with van der Waals surface area (Å²) in [4.78, 5) is 3.86. The van der Waals surface area contributed by atoms with Crippen molar-refractivity contribution in [1.29, 1.82) is 0 Å². The molecule has 0 saturated heterocycles. The number of alkyl halides is 3. The minimum absolute atomic E-state index is 0.0420. The number of aromatic nitrogens is 1. The second-order valence-electron chi connectivity index (χ2n) is 8.21. The average molecular weight is 509 g/mol. The van der Waals surface area contributed by atoms with Crippen LogP contribution in [-0.2, 0) is 22.6 Å². The second-order valence-corrected chi connectivity index (χ2v) is 11.1. The van der Waals surface area contributed by atoms with Gasteiger partial charge in [0.1, 0.15) is 10.0 Å². The molecule has 34 heavy (non-hydrogen) atoms. The van der Waals surface area contributed by atoms with Gasteiger partial charge in [-0.1, -0.05) is 19.9 Å². The SMILES string of the molecule is CC(C)Cc1c(S(=O)(=O)Nc2ccc(-c3ccncc3)cc2C(F)(F)F)sc2ccc(F)cc12. The van der Waals surface area contributed by atoms with Gasteiger partial charge < -0.3 is 0 Å². The quantitative estimate of drug-likeness (QED) is 0.282. The number of anilines is 1. The van der Waals surface area contributed by atoms with Gasteiger partial charge in [0.05, 0.1) is 11.3 Å². The van der Waals surface area contributed by atoms with Gasteiger partial charge in [-0.25, -0.2) is 12.8 Å². The van der Waals surface area contributed by atoms with E-state index in [1.165, 1.54) is 36.7 Å². The van der Waals surface area contributed by atoms with E-state index in [1.807, 2.05) is 13.8 Å². The number of benzene rings is 2. The van der Waals surface area contributed by atoms with Gasteiger partial charge >= 0.3 is 6.18 Å². The van der Waals surface area contributed by atoms with Crippen LogP contribution in [0, 0.1) is 11.7 Å². The van der Waals surface area contributed by atoms with E-state index in [2.05, 4.69) is 9.71 Å². The Morgan fingerprint density at radius 1 is 1.00 bits per heavy atom. The first-order chi connectivity index (χ1) is 16.0. The lowest BCUT2D eigenvalue weighted by Gasteiger charge is -2.17. The summed E-state index contributed by atoms with van der Waals surface area (Å²) < 4.78 is 84.8. The number of hydrogen-bond donors (Lipinski definition) is 1. The largest absolute Gasteiger partial charge is 0.418 e. The van der Waals surface area contributed by atoms with Crippen LogP contribution in [0.3, 0.4) is 0 Å². The third-order valence-electron chi connectivity index (χ3n) is 5.16. The lowest BCUT2D eigenvalue weighted by Crippen LogP contribution is -2.18. The lowest BCUT2D eigenvalue weighted by molar-refractivity contribution is -0.136. The molecule has 0 unspecified atom stereocenters. The smallest absolute Gasteiger partial charge is 0.278 e. The number of hydrogen-bond acceptors (Lipinski definition) is 4. The molecule has 2 aromatic carbocycles. The summed E-state index contributed by atoms with van der Waals surface area (Å²) in [5, 5.41) is 0.447. The van der Waals surface area contributed by atoms with Gasteiger partial charge in [0, 0.05) is 17.1 Å². The molecule has 0 bridgehead atoms. The molecule has 0 radical (unpaired) electrons. The van der Waals surface area contributed by atoms with Gasteiger partial charge in [-0.15, -0.1) is 11.3 Å². The zero-order valence-electron chi connectivity index (χ0n) is 18.2. The molecule has 4 nitrogen and oxygen atoms in total. The highest BCUT2D eigenvalue weighted by molar-refractivity contribution is 7.94. The number of fused-ring (bicyclic) bond motifs is 1. The van der Waals surface area contributed by atoms with E-state index in [0.717, 1.165) is 23.5 Å². The van der Waals surface area contributed by atoms with E-state index >= 15 is 0 Å². The maximum Gasteiger partial charge on any atom is 0.418 e. The maximum atomic E-state index is 13.9. The zero-order chi connectivity index (χ0) is 24.7. The Labute approximate surface area is 198 Å². The summed E-state index contributed by atoms with van der Waals surface area (Å²) in [6.07, 6.45) is -1.56. The van der Waals surface area contributed by atoms with E-state index in [9.17, 15) is 26.0 Å². The third-order valence-corrected chi connectivity index (χ3v) is 8.29. The molecule has 2 aromatic heterocycles. The first-order valence-electron chi connectivity index (χ1n) is 10.3. The topological polar surface area (TPSA) is 59.1 Å². The summed E-state index contributed by atoms with van der Waals surface area (Å²) in [6, 6.07) is 10.5. The van der Waals surface area contributed by atoms with Crippen molar-refractivity contribution in [3.63, 3.8) is 0 Å². The Morgan fingerprint density at radius 2 is 1.71 bits per heavy atom. The van der Waals surface area contributed by atoms with Crippen molar-refractivity contribution in [2.75, 3.05) is 4.72 Å². The van der Waals surface area contributed by atoms with Crippen molar-refractivity contribution in [3.05, 3.63) is 77.9 Å². The normalized spacial score (nSPS) is 12.4. The molecule has 178 valence electrons. The number of sulfonamides is 1. The van der Waals surface area contributed by atoms with Crippen LogP contribution in [0.4, 0.5) is 23.2 Å². The molecule has 0 amide bonds. The summed E-state index contributed by atoms with van der Waals surface area (Å²) >= 11 is 0.909. The molecule has 2 heterocycles. The number of thiophene rings is 1. The first kappa shape index (κ1) is 24.2.